The molecule has 1 aromatic carbocycles. The molecule has 1 aromatic heterocycles. The van der Waals surface area contributed by atoms with Gasteiger partial charge in [0.05, 0.1) is 12.0 Å². The van der Waals surface area contributed by atoms with E-state index in [1.54, 1.807) is 0 Å². The third-order valence-electron chi connectivity index (χ3n) is 3.27. The van der Waals surface area contributed by atoms with Gasteiger partial charge >= 0.3 is 0 Å². The molecule has 3 nitrogen and oxygen atoms in total. The minimum atomic E-state index is 0.352. The van der Waals surface area contributed by atoms with Gasteiger partial charge in [-0.3, -0.25) is 0 Å². The molecule has 0 saturated heterocycles. The van der Waals surface area contributed by atoms with E-state index >= 15 is 0 Å². The Morgan fingerprint density at radius 1 is 1.39 bits per heavy atom. The van der Waals surface area contributed by atoms with Crippen LogP contribution in [-0.2, 0) is 13.1 Å². The summed E-state index contributed by atoms with van der Waals surface area (Å²) in [5.41, 5.74) is 3.87. The molecule has 0 radical (unpaired) electrons. The fourth-order valence-corrected chi connectivity index (χ4v) is 2.10. The minimum absolute atomic E-state index is 0.352. The zero-order valence-electron chi connectivity index (χ0n) is 11.4. The first-order chi connectivity index (χ1) is 8.70. The second-order valence-electron chi connectivity index (χ2n) is 4.69. The molecule has 96 valence electrons. The van der Waals surface area contributed by atoms with Gasteiger partial charge < -0.3 is 9.88 Å². The van der Waals surface area contributed by atoms with Crippen molar-refractivity contribution in [2.75, 3.05) is 0 Å². The van der Waals surface area contributed by atoms with Gasteiger partial charge in [0.15, 0.2) is 0 Å². The summed E-state index contributed by atoms with van der Waals surface area (Å²) in [7, 11) is 0. The number of hydrogen-bond acceptors (Lipinski definition) is 2. The fourth-order valence-electron chi connectivity index (χ4n) is 2.10. The Hall–Kier alpha value is -1.61. The van der Waals surface area contributed by atoms with Crippen molar-refractivity contribution in [3.63, 3.8) is 0 Å². The van der Waals surface area contributed by atoms with Crippen molar-refractivity contribution >= 4 is 0 Å². The first kappa shape index (κ1) is 12.8. The van der Waals surface area contributed by atoms with Crippen molar-refractivity contribution in [2.45, 2.75) is 39.9 Å². The highest BCUT2D eigenvalue weighted by Gasteiger charge is 2.06. The number of nitrogens with one attached hydrogen (secondary N) is 1. The highest BCUT2D eigenvalue weighted by atomic mass is 15.1. The van der Waals surface area contributed by atoms with Crippen LogP contribution in [0.15, 0.2) is 36.8 Å². The van der Waals surface area contributed by atoms with Crippen LogP contribution in [0.2, 0.25) is 0 Å². The molecule has 2 rings (SSSR count). The van der Waals surface area contributed by atoms with E-state index in [9.17, 15) is 0 Å². The van der Waals surface area contributed by atoms with E-state index in [4.69, 9.17) is 0 Å². The molecule has 1 heterocycles. The highest BCUT2D eigenvalue weighted by molar-refractivity contribution is 5.24. The predicted molar refractivity (Wildman–Crippen MR) is 74.3 cm³/mol. The van der Waals surface area contributed by atoms with Crippen LogP contribution in [0, 0.1) is 6.92 Å². The summed E-state index contributed by atoms with van der Waals surface area (Å²) in [6.07, 6.45) is 3.81. The molecular weight excluding hydrogens is 222 g/mol. The monoisotopic (exact) mass is 243 g/mol. The van der Waals surface area contributed by atoms with Gasteiger partial charge in [0.2, 0.25) is 0 Å². The Morgan fingerprint density at radius 2 is 2.22 bits per heavy atom. The molecule has 0 unspecified atom stereocenters. The summed E-state index contributed by atoms with van der Waals surface area (Å²) in [4.78, 5) is 4.18. The predicted octanol–water partition coefficient (Wildman–Crippen LogP) is 3.06. The van der Waals surface area contributed by atoms with Crippen molar-refractivity contribution in [3.8, 4) is 0 Å². The van der Waals surface area contributed by atoms with E-state index in [1.807, 2.05) is 12.5 Å². The van der Waals surface area contributed by atoms with Crippen molar-refractivity contribution in [2.24, 2.45) is 0 Å². The molecule has 1 N–H and O–H groups in total. The number of benzene rings is 1. The molecule has 0 aliphatic heterocycles. The SMILES string of the molecule is CCn1cncc1CN[C@H](C)c1cccc(C)c1. The minimum Gasteiger partial charge on any atom is -0.334 e. The summed E-state index contributed by atoms with van der Waals surface area (Å²) in [5.74, 6) is 0. The normalized spacial score (nSPS) is 12.6. The van der Waals surface area contributed by atoms with Crippen LogP contribution in [0.25, 0.3) is 0 Å². The fraction of sp³-hybridized carbons (Fsp3) is 0.400. The zero-order chi connectivity index (χ0) is 13.0. The van der Waals surface area contributed by atoms with Gasteiger partial charge in [-0.05, 0) is 26.3 Å². The van der Waals surface area contributed by atoms with Crippen LogP contribution in [0.1, 0.15) is 36.7 Å². The molecule has 2 aromatic rings. The van der Waals surface area contributed by atoms with E-state index in [0.717, 1.165) is 13.1 Å². The van der Waals surface area contributed by atoms with Crippen LogP contribution >= 0.6 is 0 Å². The van der Waals surface area contributed by atoms with Crippen molar-refractivity contribution in [3.05, 3.63) is 53.6 Å². The first-order valence-electron chi connectivity index (χ1n) is 6.49. The lowest BCUT2D eigenvalue weighted by atomic mass is 10.1. The number of hydrogen-bond donors (Lipinski definition) is 1. The average molecular weight is 243 g/mol. The van der Waals surface area contributed by atoms with E-state index in [0.29, 0.717) is 6.04 Å². The molecule has 0 aliphatic rings. The van der Waals surface area contributed by atoms with E-state index in [-0.39, 0.29) is 0 Å². The lowest BCUT2D eigenvalue weighted by molar-refractivity contribution is 0.549. The number of rotatable bonds is 5. The second kappa shape index (κ2) is 5.83. The molecule has 0 saturated carbocycles. The van der Waals surface area contributed by atoms with Crippen LogP contribution < -0.4 is 5.32 Å². The van der Waals surface area contributed by atoms with Gasteiger partial charge in [0.25, 0.3) is 0 Å². The third-order valence-corrected chi connectivity index (χ3v) is 3.27. The summed E-state index contributed by atoms with van der Waals surface area (Å²) in [5, 5.41) is 3.54. The quantitative estimate of drug-likeness (QED) is 0.874. The molecule has 1 atom stereocenters. The summed E-state index contributed by atoms with van der Waals surface area (Å²) in [6, 6.07) is 8.99. The average Bonchev–Trinajstić information content (AvgIpc) is 2.83. The lowest BCUT2D eigenvalue weighted by Gasteiger charge is -2.15. The number of aryl methyl sites for hydroxylation is 2. The maximum atomic E-state index is 4.18. The molecule has 0 spiro atoms. The maximum absolute atomic E-state index is 4.18. The number of nitrogens with zero attached hydrogens (tertiary/aromatic N) is 2. The standard InChI is InChI=1S/C15H21N3/c1-4-18-11-16-9-15(18)10-17-13(3)14-7-5-6-12(2)8-14/h5-9,11,13,17H,4,10H2,1-3H3/t13-/m1/s1. The Bertz CT molecular complexity index is 502. The largest absolute Gasteiger partial charge is 0.334 e. The molecule has 0 bridgehead atoms. The van der Waals surface area contributed by atoms with Gasteiger partial charge in [-0.2, -0.15) is 0 Å². The van der Waals surface area contributed by atoms with Crippen LogP contribution in [-0.4, -0.2) is 9.55 Å². The summed E-state index contributed by atoms with van der Waals surface area (Å²) < 4.78 is 2.16. The molecular formula is C15H21N3. The van der Waals surface area contributed by atoms with E-state index in [1.165, 1.54) is 16.8 Å². The van der Waals surface area contributed by atoms with Gasteiger partial charge in [0, 0.05) is 25.3 Å². The van der Waals surface area contributed by atoms with Gasteiger partial charge in [-0.1, -0.05) is 29.8 Å². The lowest BCUT2D eigenvalue weighted by Crippen LogP contribution is -2.19. The maximum Gasteiger partial charge on any atom is 0.0948 e. The van der Waals surface area contributed by atoms with Gasteiger partial charge in [-0.15, -0.1) is 0 Å². The van der Waals surface area contributed by atoms with E-state index in [2.05, 4.69) is 59.9 Å². The molecule has 0 amide bonds. The van der Waals surface area contributed by atoms with Gasteiger partial charge in [0.1, 0.15) is 0 Å². The third kappa shape index (κ3) is 2.99. The van der Waals surface area contributed by atoms with E-state index < -0.39 is 0 Å². The first-order valence-corrected chi connectivity index (χ1v) is 6.49. The topological polar surface area (TPSA) is 29.9 Å². The smallest absolute Gasteiger partial charge is 0.0948 e. The highest BCUT2D eigenvalue weighted by Crippen LogP contribution is 2.14. The Labute approximate surface area is 109 Å². The second-order valence-corrected chi connectivity index (χ2v) is 4.69. The van der Waals surface area contributed by atoms with Crippen LogP contribution in [0.3, 0.4) is 0 Å². The van der Waals surface area contributed by atoms with Crippen LogP contribution in [0.4, 0.5) is 0 Å². The number of aromatic nitrogens is 2. The summed E-state index contributed by atoms with van der Waals surface area (Å²) >= 11 is 0. The molecule has 0 aliphatic carbocycles. The van der Waals surface area contributed by atoms with Crippen molar-refractivity contribution in [1.29, 1.82) is 0 Å². The number of imidazole rings is 1. The molecule has 0 fully saturated rings. The Morgan fingerprint density at radius 3 is 2.94 bits per heavy atom. The van der Waals surface area contributed by atoms with Crippen molar-refractivity contribution in [1.82, 2.24) is 14.9 Å². The van der Waals surface area contributed by atoms with Crippen LogP contribution in [0.5, 0.6) is 0 Å². The zero-order valence-corrected chi connectivity index (χ0v) is 11.4. The van der Waals surface area contributed by atoms with Crippen molar-refractivity contribution < 1.29 is 0 Å². The summed E-state index contributed by atoms with van der Waals surface area (Å²) in [6.45, 7) is 8.28. The Balaban J connectivity index is 1.98. The molecule has 3 heteroatoms. The Kier molecular flexibility index (Phi) is 4.15. The molecule has 18 heavy (non-hydrogen) atoms. The van der Waals surface area contributed by atoms with Gasteiger partial charge in [-0.25, -0.2) is 4.98 Å².